The number of imide groups is 1. The molecule has 2 aromatic carbocycles. The number of halogens is 2. The van der Waals surface area contributed by atoms with Crippen LogP contribution in [0.3, 0.4) is 0 Å². The number of esters is 1. The highest BCUT2D eigenvalue weighted by Gasteiger charge is 2.35. The molecule has 3 amide bonds. The van der Waals surface area contributed by atoms with Gasteiger partial charge in [0, 0.05) is 28.3 Å². The highest BCUT2D eigenvalue weighted by atomic mass is 35.5. The number of aromatic nitrogens is 3. The van der Waals surface area contributed by atoms with E-state index in [0.29, 0.717) is 27.9 Å². The fraction of sp³-hybridized carbons (Fsp3) is 0.250. The Morgan fingerprint density at radius 3 is 2.68 bits per heavy atom. The molecule has 2 aliphatic rings. The van der Waals surface area contributed by atoms with Gasteiger partial charge in [-0.2, -0.15) is 9.61 Å². The summed E-state index contributed by atoms with van der Waals surface area (Å²) in [4.78, 5) is 55.9. The summed E-state index contributed by atoms with van der Waals surface area (Å²) in [6.07, 6.45) is 3.89. The summed E-state index contributed by atoms with van der Waals surface area (Å²) >= 11 is 6.06. The van der Waals surface area contributed by atoms with E-state index in [1.807, 2.05) is 6.07 Å². The maximum absolute atomic E-state index is 14.5. The highest BCUT2D eigenvalue weighted by Crippen LogP contribution is 2.30. The Kier molecular flexibility index (Phi) is 9.02. The predicted octanol–water partition coefficient (Wildman–Crippen LogP) is 4.80. The number of amides is 3. The minimum atomic E-state index is -1.10. The van der Waals surface area contributed by atoms with Gasteiger partial charge in [-0.1, -0.05) is 41.9 Å². The molecule has 15 heteroatoms. The summed E-state index contributed by atoms with van der Waals surface area (Å²) < 4.78 is 26.3. The van der Waals surface area contributed by atoms with Gasteiger partial charge in [-0.3, -0.25) is 9.59 Å². The monoisotopic (exact) mass is 661 g/mol. The Balaban J connectivity index is 1.13. The number of likely N-dealkylation sites (tertiary alicyclic amines) is 1. The highest BCUT2D eigenvalue weighted by molar-refractivity contribution is 6.30. The van der Waals surface area contributed by atoms with Crippen LogP contribution in [0.1, 0.15) is 37.3 Å². The number of hydrogen-bond acceptors (Lipinski definition) is 10. The minimum Gasteiger partial charge on any atom is -0.445 e. The molecular formula is C32H29ClFN7O6. The number of carbonyl (C=O) groups is 4. The van der Waals surface area contributed by atoms with Crippen LogP contribution in [0.15, 0.2) is 66.4 Å². The number of carbonyl (C=O) groups excluding carboxylic acids is 4. The largest absolute Gasteiger partial charge is 0.445 e. The molecule has 1 saturated heterocycles. The summed E-state index contributed by atoms with van der Waals surface area (Å²) in [5.74, 6) is -1.71. The van der Waals surface area contributed by atoms with Crippen LogP contribution in [0.5, 0.6) is 0 Å². The summed E-state index contributed by atoms with van der Waals surface area (Å²) in [5, 5.41) is 13.4. The van der Waals surface area contributed by atoms with E-state index in [1.54, 1.807) is 34.8 Å². The summed E-state index contributed by atoms with van der Waals surface area (Å²) in [5.41, 5.74) is 1.81. The van der Waals surface area contributed by atoms with Crippen molar-refractivity contribution in [2.75, 3.05) is 17.4 Å². The van der Waals surface area contributed by atoms with Crippen molar-refractivity contribution in [3.63, 3.8) is 0 Å². The van der Waals surface area contributed by atoms with Crippen molar-refractivity contribution in [2.24, 2.45) is 0 Å². The second-order valence-electron chi connectivity index (χ2n) is 11.0. The first-order valence-electron chi connectivity index (χ1n) is 14.7. The molecule has 3 heterocycles. The Bertz CT molecular complexity index is 1900. The van der Waals surface area contributed by atoms with Crippen LogP contribution >= 0.6 is 11.6 Å². The Morgan fingerprint density at radius 2 is 1.91 bits per heavy atom. The quantitative estimate of drug-likeness (QED) is 0.116. The maximum Gasteiger partial charge on any atom is 0.408 e. The lowest BCUT2D eigenvalue weighted by atomic mass is 10.1. The first-order chi connectivity index (χ1) is 22.6. The third-order valence-electron chi connectivity index (χ3n) is 7.35. The first kappa shape index (κ1) is 31.5. The van der Waals surface area contributed by atoms with Crippen molar-refractivity contribution >= 4 is 64.5 Å². The van der Waals surface area contributed by atoms with Gasteiger partial charge in [-0.15, -0.1) is 0 Å². The van der Waals surface area contributed by atoms with E-state index in [9.17, 15) is 23.6 Å². The molecule has 1 aliphatic heterocycles. The fourth-order valence-electron chi connectivity index (χ4n) is 4.72. The molecule has 2 fully saturated rings. The molecule has 4 aromatic rings. The zero-order valence-corrected chi connectivity index (χ0v) is 25.8. The molecule has 1 atom stereocenters. The van der Waals surface area contributed by atoms with Crippen LogP contribution < -0.4 is 16.0 Å². The number of hydrogen-bond donors (Lipinski definition) is 3. The molecule has 3 N–H and O–H groups in total. The SMILES string of the molecule is CC(NC(=O)OCc1ccccc1)C(=O)OCN1C(=O)C/C(=C\c2cnn3c(NC4CC4)cc(Nc4cc(Cl)ccc4F)nc23)C1=O. The second kappa shape index (κ2) is 13.5. The standard InChI is InChI=1S/C32H29ClFN7O6/c1-18(36-32(45)46-16-19-5-3-2-4-6-19)31(44)47-17-40-28(42)12-20(30(40)43)11-21-15-35-41-27(37-23-8-9-23)14-26(39-29(21)41)38-25-13-22(33)7-10-24(25)34/h2-7,10-11,13-15,18,23,37H,8-9,12,16-17H2,1H3,(H,36,45)(H,38,39)/b20-11+. The van der Waals surface area contributed by atoms with Crippen molar-refractivity contribution < 1.29 is 33.0 Å². The third-order valence-corrected chi connectivity index (χ3v) is 7.58. The minimum absolute atomic E-state index is 0.0131. The van der Waals surface area contributed by atoms with Crippen molar-refractivity contribution in [3.05, 3.63) is 88.3 Å². The second-order valence-corrected chi connectivity index (χ2v) is 11.5. The maximum atomic E-state index is 14.5. The predicted molar refractivity (Wildman–Crippen MR) is 169 cm³/mol. The number of benzene rings is 2. The lowest BCUT2D eigenvalue weighted by Crippen LogP contribution is -2.42. The molecule has 47 heavy (non-hydrogen) atoms. The molecular weight excluding hydrogens is 633 g/mol. The number of rotatable bonds is 11. The number of anilines is 3. The normalized spacial score (nSPS) is 16.0. The fourth-order valence-corrected chi connectivity index (χ4v) is 4.89. The van der Waals surface area contributed by atoms with E-state index in [4.69, 9.17) is 21.1 Å². The Hall–Kier alpha value is -5.50. The van der Waals surface area contributed by atoms with Crippen LogP contribution in [-0.4, -0.2) is 62.2 Å². The Labute approximate surface area is 272 Å². The van der Waals surface area contributed by atoms with Crippen LogP contribution in [0.25, 0.3) is 11.7 Å². The molecule has 0 spiro atoms. The number of nitrogens with zero attached hydrogens (tertiary/aromatic N) is 4. The Morgan fingerprint density at radius 1 is 1.13 bits per heavy atom. The van der Waals surface area contributed by atoms with Crippen molar-refractivity contribution in [2.45, 2.75) is 44.9 Å². The van der Waals surface area contributed by atoms with E-state index in [1.165, 1.54) is 37.4 Å². The van der Waals surface area contributed by atoms with E-state index in [0.717, 1.165) is 23.3 Å². The van der Waals surface area contributed by atoms with Crippen molar-refractivity contribution in [1.82, 2.24) is 24.8 Å². The van der Waals surface area contributed by atoms with Gasteiger partial charge < -0.3 is 25.4 Å². The van der Waals surface area contributed by atoms with Crippen molar-refractivity contribution in [1.29, 1.82) is 0 Å². The zero-order valence-electron chi connectivity index (χ0n) is 25.0. The number of fused-ring (bicyclic) bond motifs is 1. The molecule has 0 bridgehead atoms. The van der Waals surface area contributed by atoms with Gasteiger partial charge >= 0.3 is 12.1 Å². The molecule has 242 valence electrons. The molecule has 2 aromatic heterocycles. The number of nitrogens with one attached hydrogen (secondary N) is 3. The number of alkyl carbamates (subject to hydrolysis) is 1. The molecule has 1 aliphatic carbocycles. The smallest absolute Gasteiger partial charge is 0.408 e. The molecule has 13 nitrogen and oxygen atoms in total. The summed E-state index contributed by atoms with van der Waals surface area (Å²) in [7, 11) is 0. The van der Waals surface area contributed by atoms with E-state index in [-0.39, 0.29) is 30.3 Å². The van der Waals surface area contributed by atoms with E-state index in [2.05, 4.69) is 26.0 Å². The molecule has 0 radical (unpaired) electrons. The molecule has 1 saturated carbocycles. The van der Waals surface area contributed by atoms with Crippen LogP contribution in [0.4, 0.5) is 26.5 Å². The van der Waals surface area contributed by atoms with Gasteiger partial charge in [0.05, 0.1) is 18.3 Å². The zero-order chi connectivity index (χ0) is 33.1. The summed E-state index contributed by atoms with van der Waals surface area (Å²) in [6.45, 7) is 0.763. The average molecular weight is 662 g/mol. The lowest BCUT2D eigenvalue weighted by molar-refractivity contribution is -0.156. The average Bonchev–Trinajstić information content (AvgIpc) is 3.72. The van der Waals surface area contributed by atoms with Crippen LogP contribution in [-0.2, 0) is 30.5 Å². The van der Waals surface area contributed by atoms with Gasteiger partial charge in [0.1, 0.15) is 30.1 Å². The van der Waals surface area contributed by atoms with E-state index >= 15 is 0 Å². The van der Waals surface area contributed by atoms with Gasteiger partial charge in [0.25, 0.3) is 5.91 Å². The molecule has 6 rings (SSSR count). The van der Waals surface area contributed by atoms with Gasteiger partial charge in [0.2, 0.25) is 5.91 Å². The van der Waals surface area contributed by atoms with Gasteiger partial charge in [0.15, 0.2) is 12.4 Å². The van der Waals surface area contributed by atoms with E-state index < -0.39 is 42.5 Å². The van der Waals surface area contributed by atoms with Gasteiger partial charge in [-0.05, 0) is 49.6 Å². The topological polar surface area (TPSA) is 156 Å². The lowest BCUT2D eigenvalue weighted by Gasteiger charge is -2.17. The molecule has 1 unspecified atom stereocenters. The van der Waals surface area contributed by atoms with Crippen LogP contribution in [0, 0.1) is 5.82 Å². The van der Waals surface area contributed by atoms with Crippen molar-refractivity contribution in [3.8, 4) is 0 Å². The first-order valence-corrected chi connectivity index (χ1v) is 15.1. The van der Waals surface area contributed by atoms with Crippen LogP contribution in [0.2, 0.25) is 5.02 Å². The van der Waals surface area contributed by atoms with Gasteiger partial charge in [-0.25, -0.2) is 23.9 Å². The third kappa shape index (κ3) is 7.49. The summed E-state index contributed by atoms with van der Waals surface area (Å²) in [6, 6.07) is 14.0. The number of ether oxygens (including phenoxy) is 2.